The fraction of sp³-hybridized carbons (Fsp3) is 0.833. The third-order valence-corrected chi connectivity index (χ3v) is 2.57. The van der Waals surface area contributed by atoms with Crippen molar-refractivity contribution < 1.29 is 52.7 Å². The molecule has 0 saturated carbocycles. The molecule has 168 valence electrons. The minimum atomic E-state index is -5.87. The summed E-state index contributed by atoms with van der Waals surface area (Å²) in [5.74, 6) is 0. The summed E-state index contributed by atoms with van der Waals surface area (Å²) in [4.78, 5) is 0. The van der Waals surface area contributed by atoms with E-state index in [0.29, 0.717) is 0 Å². The molecule has 0 rings (SSSR count). The summed E-state index contributed by atoms with van der Waals surface area (Å²) in [5, 5.41) is 5.50. The highest BCUT2D eigenvalue weighted by atomic mass is 19.4. The molecule has 0 spiro atoms. The largest absolute Gasteiger partial charge is 0.404 e. The van der Waals surface area contributed by atoms with Gasteiger partial charge in [-0.3, -0.25) is 0 Å². The van der Waals surface area contributed by atoms with Crippen molar-refractivity contribution in [2.24, 2.45) is 0 Å². The smallest absolute Gasteiger partial charge is 0.323 e. The molecule has 0 aliphatic carbocycles. The number of hydrogen-bond acceptors (Lipinski definition) is 2. The first-order valence-electron chi connectivity index (χ1n) is 7.30. The molecule has 2 nitrogen and oxygen atoms in total. The van der Waals surface area contributed by atoms with E-state index in [-0.39, 0.29) is 0 Å². The first-order chi connectivity index (χ1) is 12.2. The van der Waals surface area contributed by atoms with Crippen molar-refractivity contribution in [1.82, 2.24) is 10.6 Å². The Kier molecular flexibility index (Phi) is 14.1. The third kappa shape index (κ3) is 14.9. The first kappa shape index (κ1) is 31.6. The molecular formula is C12H20B2F12N2. The van der Waals surface area contributed by atoms with E-state index in [9.17, 15) is 52.7 Å². The van der Waals surface area contributed by atoms with Crippen LogP contribution in [0.5, 0.6) is 0 Å². The van der Waals surface area contributed by atoms with Crippen molar-refractivity contribution in [1.29, 1.82) is 0 Å². The second kappa shape index (κ2) is 12.5. The molecule has 0 aromatic carbocycles. The maximum Gasteiger partial charge on any atom is 0.404 e. The molecule has 0 amide bonds. The predicted octanol–water partition coefficient (Wildman–Crippen LogP) is 4.61. The number of rotatable bonds is 4. The van der Waals surface area contributed by atoms with Gasteiger partial charge in [0.05, 0.1) is 0 Å². The van der Waals surface area contributed by atoms with Gasteiger partial charge in [-0.2, -0.15) is 52.7 Å². The van der Waals surface area contributed by atoms with Crippen LogP contribution in [0.25, 0.3) is 0 Å². The van der Waals surface area contributed by atoms with Crippen LogP contribution in [0.4, 0.5) is 52.7 Å². The topological polar surface area (TPSA) is 24.1 Å². The number of allylic oxidation sites excluding steroid dienone is 1. The molecule has 0 bridgehead atoms. The van der Waals surface area contributed by atoms with Crippen molar-refractivity contribution in [2.75, 3.05) is 28.2 Å². The summed E-state index contributed by atoms with van der Waals surface area (Å²) in [6.07, 6.45) is -27.7. The predicted molar refractivity (Wildman–Crippen MR) is 84.4 cm³/mol. The highest BCUT2D eigenvalue weighted by molar-refractivity contribution is 6.66. The zero-order valence-corrected chi connectivity index (χ0v) is 15.3. The Labute approximate surface area is 155 Å². The molecule has 0 radical (unpaired) electrons. The van der Waals surface area contributed by atoms with Crippen LogP contribution in [-0.4, -0.2) is 65.9 Å². The Morgan fingerprint density at radius 1 is 0.571 bits per heavy atom. The van der Waals surface area contributed by atoms with Gasteiger partial charge in [0.2, 0.25) is 0 Å². The van der Waals surface area contributed by atoms with E-state index in [1.165, 1.54) is 0 Å². The fourth-order valence-electron chi connectivity index (χ4n) is 1.49. The van der Waals surface area contributed by atoms with Crippen LogP contribution in [0, 0.1) is 0 Å². The number of alkyl halides is 12. The zero-order valence-electron chi connectivity index (χ0n) is 15.3. The van der Waals surface area contributed by atoms with Gasteiger partial charge in [-0.15, -0.1) is 6.58 Å². The first-order valence-corrected chi connectivity index (χ1v) is 7.30. The lowest BCUT2D eigenvalue weighted by Crippen LogP contribution is -2.49. The van der Waals surface area contributed by atoms with E-state index in [1.807, 2.05) is 28.2 Å². The van der Waals surface area contributed by atoms with Gasteiger partial charge >= 0.3 is 37.7 Å². The minimum absolute atomic E-state index is 1.45. The van der Waals surface area contributed by atoms with Crippen LogP contribution in [0.1, 0.15) is 0 Å². The SMILES string of the molecule is C=C(CB(C(F)(F)F)C(F)(F)F)CB(C(F)(F)F)C(F)(F)F.CNC.CNC. The lowest BCUT2D eigenvalue weighted by Gasteiger charge is -2.23. The molecular weight excluding hydrogens is 422 g/mol. The highest BCUT2D eigenvalue weighted by Crippen LogP contribution is 2.40. The quantitative estimate of drug-likeness (QED) is 0.378. The van der Waals surface area contributed by atoms with Crippen LogP contribution >= 0.6 is 0 Å². The number of nitrogens with one attached hydrogen (secondary N) is 2. The molecule has 0 aromatic rings. The standard InChI is InChI=1S/C8H6B2F12.2C2H7N/c1-4(2-9(5(11,12)13)6(14,15)16)3-10(7(17,18)19)8(20,21)22;2*1-3-2/h1-3H2;2*3H,1-2H3. The van der Waals surface area contributed by atoms with Gasteiger partial charge < -0.3 is 10.6 Å². The minimum Gasteiger partial charge on any atom is -0.323 e. The maximum atomic E-state index is 12.2. The van der Waals surface area contributed by atoms with Crippen molar-refractivity contribution in [2.45, 2.75) is 36.9 Å². The molecule has 0 aromatic heterocycles. The Balaban J connectivity index is -0.000000915. The van der Waals surface area contributed by atoms with E-state index in [0.717, 1.165) is 0 Å². The molecule has 16 heteroatoms. The second-order valence-electron chi connectivity index (χ2n) is 5.43. The Morgan fingerprint density at radius 2 is 0.714 bits per heavy atom. The van der Waals surface area contributed by atoms with Gasteiger partial charge in [-0.25, -0.2) is 0 Å². The van der Waals surface area contributed by atoms with Crippen molar-refractivity contribution in [3.63, 3.8) is 0 Å². The van der Waals surface area contributed by atoms with Crippen LogP contribution in [0.3, 0.4) is 0 Å². The lowest BCUT2D eigenvalue weighted by atomic mass is 9.39. The van der Waals surface area contributed by atoms with E-state index in [4.69, 9.17) is 0 Å². The van der Waals surface area contributed by atoms with Crippen molar-refractivity contribution in [3.05, 3.63) is 12.2 Å². The van der Waals surface area contributed by atoms with Gasteiger partial charge in [-0.05, 0) is 40.8 Å². The highest BCUT2D eigenvalue weighted by Gasteiger charge is 2.63. The van der Waals surface area contributed by atoms with Gasteiger partial charge in [0.1, 0.15) is 0 Å². The molecule has 0 aliphatic rings. The second-order valence-corrected chi connectivity index (χ2v) is 5.43. The Morgan fingerprint density at radius 3 is 0.821 bits per heavy atom. The molecule has 0 atom stereocenters. The van der Waals surface area contributed by atoms with Crippen LogP contribution in [0.2, 0.25) is 12.6 Å². The van der Waals surface area contributed by atoms with Crippen molar-refractivity contribution in [3.8, 4) is 0 Å². The van der Waals surface area contributed by atoms with E-state index >= 15 is 0 Å². The average Bonchev–Trinajstić information content (AvgIpc) is 2.39. The summed E-state index contributed by atoms with van der Waals surface area (Å²) >= 11 is 0. The molecule has 2 N–H and O–H groups in total. The van der Waals surface area contributed by atoms with E-state index in [1.54, 1.807) is 0 Å². The van der Waals surface area contributed by atoms with Gasteiger partial charge in [0, 0.05) is 0 Å². The number of hydrogen-bond donors (Lipinski definition) is 2. The summed E-state index contributed by atoms with van der Waals surface area (Å²) in [6.45, 7) is -5.66. The zero-order chi connectivity index (χ0) is 23.6. The van der Waals surface area contributed by atoms with Gasteiger partial charge in [0.15, 0.2) is 0 Å². The molecule has 0 saturated heterocycles. The Bertz CT molecular complexity index is 362. The average molecular weight is 442 g/mol. The fourth-order valence-corrected chi connectivity index (χ4v) is 1.49. The Hall–Kier alpha value is -1.05. The molecule has 28 heavy (non-hydrogen) atoms. The summed E-state index contributed by atoms with van der Waals surface area (Å²) in [5.41, 5.74) is -1.45. The van der Waals surface area contributed by atoms with Crippen LogP contribution in [0.15, 0.2) is 12.2 Å². The van der Waals surface area contributed by atoms with Crippen molar-refractivity contribution >= 4 is 13.4 Å². The van der Waals surface area contributed by atoms with Gasteiger partial charge in [0.25, 0.3) is 0 Å². The normalized spacial score (nSPS) is 12.3. The summed E-state index contributed by atoms with van der Waals surface area (Å²) in [6, 6.07) is 0. The molecule has 0 aliphatic heterocycles. The molecule has 0 fully saturated rings. The summed E-state index contributed by atoms with van der Waals surface area (Å²) in [7, 11) is 7.50. The third-order valence-electron chi connectivity index (χ3n) is 2.57. The van der Waals surface area contributed by atoms with E-state index < -0.39 is 55.9 Å². The van der Waals surface area contributed by atoms with Gasteiger partial charge in [-0.1, -0.05) is 5.57 Å². The monoisotopic (exact) mass is 442 g/mol. The number of halogens is 12. The van der Waals surface area contributed by atoms with E-state index in [2.05, 4.69) is 17.2 Å². The maximum absolute atomic E-state index is 12.2. The summed E-state index contributed by atoms with van der Waals surface area (Å²) < 4.78 is 146. The molecule has 0 heterocycles. The molecule has 0 unspecified atom stereocenters. The lowest BCUT2D eigenvalue weighted by molar-refractivity contribution is -0.104. The van der Waals surface area contributed by atoms with Crippen LogP contribution in [-0.2, 0) is 0 Å². The van der Waals surface area contributed by atoms with Crippen LogP contribution < -0.4 is 10.6 Å².